The van der Waals surface area contributed by atoms with E-state index < -0.39 is 0 Å². The number of aromatic nitrogens is 2. The van der Waals surface area contributed by atoms with Gasteiger partial charge in [-0.1, -0.05) is 23.4 Å². The maximum absolute atomic E-state index is 12.0. The third-order valence-electron chi connectivity index (χ3n) is 3.40. The van der Waals surface area contributed by atoms with Crippen LogP contribution in [0.3, 0.4) is 0 Å². The summed E-state index contributed by atoms with van der Waals surface area (Å²) in [6.45, 7) is 1.10. The SMILES string of the molecule is O=C(CSc1nnc([C@@H]2CCC[NH2+]2)o1)c1ccc(Cl)cc1. The highest BCUT2D eigenvalue weighted by Crippen LogP contribution is 2.22. The minimum atomic E-state index is 0.0174. The topological polar surface area (TPSA) is 72.6 Å². The molecule has 0 bridgehead atoms. The zero-order chi connectivity index (χ0) is 14.7. The van der Waals surface area contributed by atoms with Gasteiger partial charge in [0, 0.05) is 23.4 Å². The van der Waals surface area contributed by atoms with Crippen molar-refractivity contribution in [3.8, 4) is 0 Å². The number of carbonyl (C=O) groups excluding carboxylic acids is 1. The Morgan fingerprint density at radius 3 is 2.90 bits per heavy atom. The fraction of sp³-hybridized carbons (Fsp3) is 0.357. The van der Waals surface area contributed by atoms with Gasteiger partial charge in [0.2, 0.25) is 0 Å². The Kier molecular flexibility index (Phi) is 4.57. The molecule has 110 valence electrons. The van der Waals surface area contributed by atoms with E-state index in [0.717, 1.165) is 13.0 Å². The number of rotatable bonds is 5. The summed E-state index contributed by atoms with van der Waals surface area (Å²) in [5.74, 6) is 0.954. The van der Waals surface area contributed by atoms with Crippen LogP contribution in [0.2, 0.25) is 5.02 Å². The lowest BCUT2D eigenvalue weighted by Gasteiger charge is -2.00. The molecule has 0 aliphatic carbocycles. The van der Waals surface area contributed by atoms with Crippen LogP contribution in [-0.4, -0.2) is 28.3 Å². The summed E-state index contributed by atoms with van der Waals surface area (Å²) in [5, 5.41) is 11.3. The van der Waals surface area contributed by atoms with Crippen LogP contribution in [0.25, 0.3) is 0 Å². The predicted molar refractivity (Wildman–Crippen MR) is 79.6 cm³/mol. The number of benzene rings is 1. The van der Waals surface area contributed by atoms with Gasteiger partial charge in [-0.05, 0) is 24.3 Å². The Morgan fingerprint density at radius 2 is 2.19 bits per heavy atom. The standard InChI is InChI=1S/C14H14ClN3O2S/c15-10-5-3-9(4-6-10)12(19)8-21-14-18-17-13(20-14)11-2-1-7-16-11/h3-6,11,16H,1-2,7-8H2/p+1/t11-/m0/s1. The average Bonchev–Trinajstić information content (AvgIpc) is 3.16. The summed E-state index contributed by atoms with van der Waals surface area (Å²) in [6, 6.07) is 7.13. The van der Waals surface area contributed by atoms with Gasteiger partial charge >= 0.3 is 0 Å². The number of quaternary nitrogens is 1. The Balaban J connectivity index is 1.57. The minimum Gasteiger partial charge on any atom is -0.410 e. The fourth-order valence-corrected chi connectivity index (χ4v) is 3.06. The molecule has 0 unspecified atom stereocenters. The number of carbonyl (C=O) groups is 1. The molecule has 0 radical (unpaired) electrons. The molecule has 1 fully saturated rings. The molecule has 21 heavy (non-hydrogen) atoms. The van der Waals surface area contributed by atoms with Crippen molar-refractivity contribution in [3.63, 3.8) is 0 Å². The molecule has 1 aromatic carbocycles. The van der Waals surface area contributed by atoms with Gasteiger partial charge in [0.1, 0.15) is 0 Å². The highest BCUT2D eigenvalue weighted by atomic mass is 35.5. The fourth-order valence-electron chi connectivity index (χ4n) is 2.27. The molecule has 1 aliphatic rings. The van der Waals surface area contributed by atoms with Crippen molar-refractivity contribution in [3.05, 3.63) is 40.7 Å². The van der Waals surface area contributed by atoms with Crippen molar-refractivity contribution in [1.29, 1.82) is 0 Å². The van der Waals surface area contributed by atoms with Gasteiger partial charge in [0.15, 0.2) is 11.8 Å². The highest BCUT2D eigenvalue weighted by molar-refractivity contribution is 7.99. The smallest absolute Gasteiger partial charge is 0.277 e. The van der Waals surface area contributed by atoms with Crippen molar-refractivity contribution in [2.45, 2.75) is 24.1 Å². The van der Waals surface area contributed by atoms with Crippen LogP contribution in [0.5, 0.6) is 0 Å². The number of hydrogen-bond acceptors (Lipinski definition) is 5. The first kappa shape index (κ1) is 14.6. The Hall–Kier alpha value is -1.37. The molecule has 0 amide bonds. The molecule has 1 atom stereocenters. The van der Waals surface area contributed by atoms with Gasteiger partial charge in [-0.2, -0.15) is 0 Å². The average molecular weight is 325 g/mol. The van der Waals surface area contributed by atoms with E-state index in [-0.39, 0.29) is 17.6 Å². The third-order valence-corrected chi connectivity index (χ3v) is 4.47. The molecule has 1 aromatic heterocycles. The molecule has 5 nitrogen and oxygen atoms in total. The molecule has 2 heterocycles. The van der Waals surface area contributed by atoms with Gasteiger partial charge in [-0.3, -0.25) is 4.79 Å². The second-order valence-corrected chi connectivity index (χ2v) is 6.26. The van der Waals surface area contributed by atoms with Crippen LogP contribution in [0, 0.1) is 0 Å². The summed E-state index contributed by atoms with van der Waals surface area (Å²) < 4.78 is 5.61. The van der Waals surface area contributed by atoms with E-state index in [0.29, 0.717) is 21.7 Å². The van der Waals surface area contributed by atoms with E-state index >= 15 is 0 Å². The molecule has 7 heteroatoms. The molecule has 1 aliphatic heterocycles. The van der Waals surface area contributed by atoms with E-state index in [9.17, 15) is 4.79 Å². The second kappa shape index (κ2) is 6.60. The monoisotopic (exact) mass is 324 g/mol. The van der Waals surface area contributed by atoms with Crippen molar-refractivity contribution in [2.24, 2.45) is 0 Å². The van der Waals surface area contributed by atoms with E-state index in [4.69, 9.17) is 16.0 Å². The van der Waals surface area contributed by atoms with Crippen LogP contribution >= 0.6 is 23.4 Å². The lowest BCUT2D eigenvalue weighted by molar-refractivity contribution is -0.678. The third kappa shape index (κ3) is 3.64. The zero-order valence-electron chi connectivity index (χ0n) is 11.3. The molecule has 2 aromatic rings. The number of Topliss-reactive ketones (excluding diaryl/α,β-unsaturated/α-hetero) is 1. The van der Waals surface area contributed by atoms with E-state index in [2.05, 4.69) is 15.5 Å². The number of halogens is 1. The van der Waals surface area contributed by atoms with Crippen molar-refractivity contribution < 1.29 is 14.5 Å². The number of thioether (sulfide) groups is 1. The normalized spacial score (nSPS) is 18.0. The molecule has 3 rings (SSSR count). The first-order valence-corrected chi connectivity index (χ1v) is 8.17. The largest absolute Gasteiger partial charge is 0.410 e. The summed E-state index contributed by atoms with van der Waals surface area (Å²) >= 11 is 7.07. The van der Waals surface area contributed by atoms with Gasteiger partial charge in [0.25, 0.3) is 11.1 Å². The summed E-state index contributed by atoms with van der Waals surface area (Å²) in [6.07, 6.45) is 2.24. The quantitative estimate of drug-likeness (QED) is 0.673. The molecular weight excluding hydrogens is 310 g/mol. The van der Waals surface area contributed by atoms with Crippen LogP contribution < -0.4 is 5.32 Å². The van der Waals surface area contributed by atoms with E-state index in [1.165, 1.54) is 18.2 Å². The summed E-state index contributed by atoms with van der Waals surface area (Å²) in [5.41, 5.74) is 0.635. The molecule has 0 spiro atoms. The van der Waals surface area contributed by atoms with E-state index in [1.54, 1.807) is 24.3 Å². The number of ketones is 1. The molecule has 1 saturated heterocycles. The van der Waals surface area contributed by atoms with Crippen LogP contribution in [0.15, 0.2) is 33.9 Å². The summed E-state index contributed by atoms with van der Waals surface area (Å²) in [4.78, 5) is 12.0. The maximum atomic E-state index is 12.0. The van der Waals surface area contributed by atoms with E-state index in [1.807, 2.05) is 0 Å². The van der Waals surface area contributed by atoms with Crippen LogP contribution in [0.1, 0.15) is 35.1 Å². The van der Waals surface area contributed by atoms with Crippen LogP contribution in [-0.2, 0) is 0 Å². The number of nitrogens with zero attached hydrogens (tertiary/aromatic N) is 2. The molecular formula is C14H15ClN3O2S+. The van der Waals surface area contributed by atoms with Gasteiger partial charge in [-0.15, -0.1) is 10.2 Å². The Labute approximate surface area is 131 Å². The first-order chi connectivity index (χ1) is 10.2. The second-order valence-electron chi connectivity index (χ2n) is 4.90. The Bertz CT molecular complexity index is 623. The maximum Gasteiger partial charge on any atom is 0.277 e. The zero-order valence-corrected chi connectivity index (χ0v) is 12.9. The minimum absolute atomic E-state index is 0.0174. The van der Waals surface area contributed by atoms with Crippen molar-refractivity contribution in [1.82, 2.24) is 10.2 Å². The first-order valence-electron chi connectivity index (χ1n) is 6.80. The van der Waals surface area contributed by atoms with Crippen LogP contribution in [0.4, 0.5) is 0 Å². The van der Waals surface area contributed by atoms with Crippen molar-refractivity contribution >= 4 is 29.1 Å². The Morgan fingerprint density at radius 1 is 1.38 bits per heavy atom. The lowest BCUT2D eigenvalue weighted by Crippen LogP contribution is -2.81. The highest BCUT2D eigenvalue weighted by Gasteiger charge is 2.26. The predicted octanol–water partition coefficient (Wildman–Crippen LogP) is 2.10. The van der Waals surface area contributed by atoms with Crippen molar-refractivity contribution in [2.75, 3.05) is 12.3 Å². The molecule has 0 saturated carbocycles. The van der Waals surface area contributed by atoms with Gasteiger partial charge < -0.3 is 9.73 Å². The van der Waals surface area contributed by atoms with Gasteiger partial charge in [-0.25, -0.2) is 0 Å². The van der Waals surface area contributed by atoms with Gasteiger partial charge in [0.05, 0.1) is 12.3 Å². The summed E-state index contributed by atoms with van der Waals surface area (Å²) in [7, 11) is 0. The molecule has 2 N–H and O–H groups in total. The number of hydrogen-bond donors (Lipinski definition) is 1. The lowest BCUT2D eigenvalue weighted by atomic mass is 10.1. The number of nitrogens with two attached hydrogens (primary N) is 1.